The zero-order valence-electron chi connectivity index (χ0n) is 18.2. The summed E-state index contributed by atoms with van der Waals surface area (Å²) in [6.07, 6.45) is 3.96. The van der Waals surface area contributed by atoms with E-state index in [1.54, 1.807) is 4.31 Å². The molecule has 1 saturated heterocycles. The van der Waals surface area contributed by atoms with Crippen molar-refractivity contribution >= 4 is 26.9 Å². The van der Waals surface area contributed by atoms with Gasteiger partial charge in [-0.15, -0.1) is 0 Å². The second-order valence-corrected chi connectivity index (χ2v) is 10.8. The first-order valence-corrected chi connectivity index (χ1v) is 12.6. The third-order valence-electron chi connectivity index (χ3n) is 6.52. The quantitative estimate of drug-likeness (QED) is 0.607. The Labute approximate surface area is 178 Å². The van der Waals surface area contributed by atoms with Crippen LogP contribution in [0, 0.1) is 19.8 Å². The molecule has 30 heavy (non-hydrogen) atoms. The number of nitrogen functional groups attached to an aromatic ring is 1. The number of nitrogens with two attached hydrogens (primary N) is 1. The average molecular weight is 436 g/mol. The van der Waals surface area contributed by atoms with Gasteiger partial charge in [0.15, 0.2) is 5.82 Å². The van der Waals surface area contributed by atoms with Crippen molar-refractivity contribution in [3.05, 3.63) is 17.1 Å². The van der Waals surface area contributed by atoms with Gasteiger partial charge in [-0.3, -0.25) is 0 Å². The summed E-state index contributed by atoms with van der Waals surface area (Å²) >= 11 is 0. The van der Waals surface area contributed by atoms with Gasteiger partial charge in [0.25, 0.3) is 0 Å². The van der Waals surface area contributed by atoms with Gasteiger partial charge >= 0.3 is 0 Å². The van der Waals surface area contributed by atoms with Gasteiger partial charge < -0.3 is 15.0 Å². The molecule has 9 heteroatoms. The van der Waals surface area contributed by atoms with Gasteiger partial charge in [0.1, 0.15) is 11.3 Å². The van der Waals surface area contributed by atoms with Crippen molar-refractivity contribution in [1.29, 1.82) is 0 Å². The van der Waals surface area contributed by atoms with Crippen molar-refractivity contribution in [1.82, 2.24) is 18.8 Å². The highest BCUT2D eigenvalue weighted by Crippen LogP contribution is 2.43. The summed E-state index contributed by atoms with van der Waals surface area (Å²) in [5.74, 6) is 2.92. The lowest BCUT2D eigenvalue weighted by molar-refractivity contribution is 0.120. The number of aryl methyl sites for hydroxylation is 2. The topological polar surface area (TPSA) is 103 Å². The molecule has 0 bridgehead atoms. The first kappa shape index (κ1) is 21.5. The van der Waals surface area contributed by atoms with Crippen molar-refractivity contribution in [2.75, 3.05) is 37.8 Å². The van der Waals surface area contributed by atoms with Gasteiger partial charge in [-0.1, -0.05) is 6.92 Å². The Kier molecular flexibility index (Phi) is 6.05. The molecule has 1 aliphatic carbocycles. The molecule has 2 aromatic heterocycles. The molecule has 0 aromatic carbocycles. The summed E-state index contributed by atoms with van der Waals surface area (Å²) in [6, 6.07) is 0. The molecule has 2 aromatic rings. The monoisotopic (exact) mass is 435 g/mol. The summed E-state index contributed by atoms with van der Waals surface area (Å²) in [5, 5.41) is 0. The molecule has 4 rings (SSSR count). The van der Waals surface area contributed by atoms with Crippen molar-refractivity contribution in [2.45, 2.75) is 58.9 Å². The second kappa shape index (κ2) is 8.43. The third kappa shape index (κ3) is 4.20. The molecule has 2 N–H and O–H groups in total. The second-order valence-electron chi connectivity index (χ2n) is 8.69. The van der Waals surface area contributed by atoms with Crippen LogP contribution in [0.15, 0.2) is 0 Å². The molecular formula is C21H33N5O3S. The highest BCUT2D eigenvalue weighted by atomic mass is 32.2. The zero-order chi connectivity index (χ0) is 21.5. The van der Waals surface area contributed by atoms with Crippen LogP contribution in [0.4, 0.5) is 5.82 Å². The maximum atomic E-state index is 11.9. The van der Waals surface area contributed by atoms with E-state index >= 15 is 0 Å². The number of fused-ring (bicyclic) bond motifs is 1. The third-order valence-corrected chi connectivity index (χ3v) is 8.48. The van der Waals surface area contributed by atoms with E-state index in [0.717, 1.165) is 34.5 Å². The highest BCUT2D eigenvalue weighted by Gasteiger charge is 2.33. The summed E-state index contributed by atoms with van der Waals surface area (Å²) in [7, 11) is -3.02. The maximum Gasteiger partial charge on any atom is 0.214 e. The molecule has 0 radical (unpaired) electrons. The summed E-state index contributed by atoms with van der Waals surface area (Å²) in [4.78, 5) is 9.37. The number of pyridine rings is 1. The summed E-state index contributed by atoms with van der Waals surface area (Å²) in [5.41, 5.74) is 10.1. The van der Waals surface area contributed by atoms with Crippen LogP contribution < -0.4 is 5.73 Å². The SMILES string of the molecule is Cc1nc(N)c2nc(C(C)C3CC3)n(CCOCCCN3CCCS3(=O)=O)c2c1C. The summed E-state index contributed by atoms with van der Waals surface area (Å²) in [6.45, 7) is 9.30. The Morgan fingerprint density at radius 2 is 1.97 bits per heavy atom. The van der Waals surface area contributed by atoms with Crippen LogP contribution in [-0.2, 0) is 21.3 Å². The number of hydrogen-bond acceptors (Lipinski definition) is 6. The van der Waals surface area contributed by atoms with E-state index in [1.165, 1.54) is 12.8 Å². The molecule has 2 fully saturated rings. The number of sulfonamides is 1. The van der Waals surface area contributed by atoms with Gasteiger partial charge in [-0.05, 0) is 51.0 Å². The van der Waals surface area contributed by atoms with Crippen molar-refractivity contribution in [3.8, 4) is 0 Å². The number of ether oxygens (including phenoxy) is 1. The molecule has 3 heterocycles. The van der Waals surface area contributed by atoms with E-state index < -0.39 is 10.0 Å². The molecule has 1 atom stereocenters. The smallest absolute Gasteiger partial charge is 0.214 e. The minimum absolute atomic E-state index is 0.278. The molecule has 0 amide bonds. The normalized spacial score (nSPS) is 20.2. The molecule has 166 valence electrons. The van der Waals surface area contributed by atoms with E-state index in [9.17, 15) is 8.42 Å². The van der Waals surface area contributed by atoms with Crippen LogP contribution in [0.2, 0.25) is 0 Å². The van der Waals surface area contributed by atoms with Crippen LogP contribution in [0.1, 0.15) is 55.6 Å². The molecule has 8 nitrogen and oxygen atoms in total. The van der Waals surface area contributed by atoms with Gasteiger partial charge in [-0.2, -0.15) is 0 Å². The fourth-order valence-electron chi connectivity index (χ4n) is 4.44. The Morgan fingerprint density at radius 1 is 1.20 bits per heavy atom. The van der Waals surface area contributed by atoms with Crippen LogP contribution in [-0.4, -0.2) is 59.3 Å². The van der Waals surface area contributed by atoms with Gasteiger partial charge in [-0.25, -0.2) is 22.7 Å². The van der Waals surface area contributed by atoms with Crippen LogP contribution in [0.3, 0.4) is 0 Å². The number of hydrogen-bond donors (Lipinski definition) is 1. The van der Waals surface area contributed by atoms with E-state index in [0.29, 0.717) is 56.9 Å². The molecule has 2 aliphatic rings. The first-order valence-electron chi connectivity index (χ1n) is 11.0. The van der Waals surface area contributed by atoms with Gasteiger partial charge in [0, 0.05) is 37.9 Å². The van der Waals surface area contributed by atoms with Crippen molar-refractivity contribution in [2.24, 2.45) is 5.92 Å². The number of imidazole rings is 1. The van der Waals surface area contributed by atoms with Crippen LogP contribution in [0.5, 0.6) is 0 Å². The number of anilines is 1. The molecule has 0 spiro atoms. The largest absolute Gasteiger partial charge is 0.382 e. The fourth-order valence-corrected chi connectivity index (χ4v) is 6.01. The van der Waals surface area contributed by atoms with Crippen LogP contribution >= 0.6 is 0 Å². The fraction of sp³-hybridized carbons (Fsp3) is 0.714. The predicted octanol–water partition coefficient (Wildman–Crippen LogP) is 2.59. The number of rotatable bonds is 9. The Bertz CT molecular complexity index is 1030. The zero-order valence-corrected chi connectivity index (χ0v) is 19.0. The lowest BCUT2D eigenvalue weighted by Gasteiger charge is -2.16. The van der Waals surface area contributed by atoms with Gasteiger partial charge in [0.2, 0.25) is 10.0 Å². The average Bonchev–Trinajstić information content (AvgIpc) is 3.39. The standard InChI is InChI=1S/C21H33N5O3S/c1-14-16(3)23-20(22)18-19(14)26(21(24-18)15(2)17-6-7-17)10-12-29-11-4-8-25-9-5-13-30(25,27)28/h15,17H,4-13H2,1-3H3,(H2,22,23). The van der Waals surface area contributed by atoms with Crippen molar-refractivity contribution in [3.63, 3.8) is 0 Å². The Balaban J connectivity index is 1.43. The molecule has 1 unspecified atom stereocenters. The minimum atomic E-state index is -3.02. The lowest BCUT2D eigenvalue weighted by atomic mass is 10.1. The van der Waals surface area contributed by atoms with E-state index in [1.807, 2.05) is 6.92 Å². The Morgan fingerprint density at radius 3 is 2.63 bits per heavy atom. The first-order chi connectivity index (χ1) is 14.3. The molecule has 1 aliphatic heterocycles. The minimum Gasteiger partial charge on any atom is -0.382 e. The van der Waals surface area contributed by atoms with Crippen molar-refractivity contribution < 1.29 is 13.2 Å². The maximum absolute atomic E-state index is 11.9. The number of nitrogens with zero attached hydrogens (tertiary/aromatic N) is 4. The lowest BCUT2D eigenvalue weighted by Crippen LogP contribution is -2.27. The van der Waals surface area contributed by atoms with E-state index in [2.05, 4.69) is 23.4 Å². The van der Waals surface area contributed by atoms with Gasteiger partial charge in [0.05, 0.1) is 17.9 Å². The molecule has 1 saturated carbocycles. The van der Waals surface area contributed by atoms with E-state index in [-0.39, 0.29) is 5.75 Å². The number of aromatic nitrogens is 3. The predicted molar refractivity (Wildman–Crippen MR) is 118 cm³/mol. The highest BCUT2D eigenvalue weighted by molar-refractivity contribution is 7.89. The van der Waals surface area contributed by atoms with Crippen LogP contribution in [0.25, 0.3) is 11.0 Å². The Hall–Kier alpha value is -1.71. The van der Waals surface area contributed by atoms with E-state index in [4.69, 9.17) is 15.5 Å². The summed E-state index contributed by atoms with van der Waals surface area (Å²) < 4.78 is 33.5. The molecular weight excluding hydrogens is 402 g/mol.